The molecule has 7 heteroatoms. The lowest BCUT2D eigenvalue weighted by atomic mass is 10.1. The fourth-order valence-electron chi connectivity index (χ4n) is 2.38. The highest BCUT2D eigenvalue weighted by Gasteiger charge is 2.17. The number of aromatic nitrogens is 2. The lowest BCUT2D eigenvalue weighted by Crippen LogP contribution is -2.26. The molecule has 2 N–H and O–H groups in total. The molecule has 136 valence electrons. The zero-order valence-corrected chi connectivity index (χ0v) is 15.3. The molecule has 2 amide bonds. The Morgan fingerprint density at radius 3 is 2.41 bits per heavy atom. The van der Waals surface area contributed by atoms with Crippen LogP contribution in [0.2, 0.25) is 5.02 Å². The SMILES string of the molecule is Cc1ccc(C(=O)Nc2nccnc2C(=O)NCc2ccccc2Cl)cc1. The van der Waals surface area contributed by atoms with Crippen LogP contribution in [0.3, 0.4) is 0 Å². The van der Waals surface area contributed by atoms with E-state index >= 15 is 0 Å². The van der Waals surface area contributed by atoms with Gasteiger partial charge in [-0.05, 0) is 30.7 Å². The summed E-state index contributed by atoms with van der Waals surface area (Å²) in [4.78, 5) is 33.0. The normalized spacial score (nSPS) is 10.3. The van der Waals surface area contributed by atoms with Crippen LogP contribution >= 0.6 is 11.6 Å². The van der Waals surface area contributed by atoms with Gasteiger partial charge in [-0.15, -0.1) is 0 Å². The van der Waals surface area contributed by atoms with E-state index < -0.39 is 5.91 Å². The van der Waals surface area contributed by atoms with Crippen LogP contribution < -0.4 is 10.6 Å². The Bertz CT molecular complexity index is 974. The summed E-state index contributed by atoms with van der Waals surface area (Å²) in [5, 5.41) is 5.94. The first-order valence-electron chi connectivity index (χ1n) is 8.25. The molecule has 0 fully saturated rings. The highest BCUT2D eigenvalue weighted by molar-refractivity contribution is 6.31. The standard InChI is InChI=1S/C20H17ClN4O2/c1-13-6-8-14(9-7-13)19(26)25-18-17(22-10-11-23-18)20(27)24-12-15-4-2-3-5-16(15)21/h2-11H,12H2,1H3,(H,24,27)(H,23,25,26). The predicted molar refractivity (Wildman–Crippen MR) is 104 cm³/mol. The number of nitrogens with zero attached hydrogens (tertiary/aromatic N) is 2. The summed E-state index contributed by atoms with van der Waals surface area (Å²) < 4.78 is 0. The Morgan fingerprint density at radius 2 is 1.67 bits per heavy atom. The fraction of sp³-hybridized carbons (Fsp3) is 0.100. The molecular formula is C20H17ClN4O2. The molecule has 0 saturated heterocycles. The van der Waals surface area contributed by atoms with Gasteiger partial charge in [0.15, 0.2) is 11.5 Å². The van der Waals surface area contributed by atoms with Gasteiger partial charge in [0.25, 0.3) is 11.8 Å². The minimum Gasteiger partial charge on any atom is -0.346 e. The Morgan fingerprint density at radius 1 is 0.963 bits per heavy atom. The molecule has 1 heterocycles. The van der Waals surface area contributed by atoms with Gasteiger partial charge in [-0.2, -0.15) is 0 Å². The van der Waals surface area contributed by atoms with Gasteiger partial charge in [0.1, 0.15) is 0 Å². The minimum absolute atomic E-state index is 0.0324. The fourth-order valence-corrected chi connectivity index (χ4v) is 2.58. The second kappa shape index (κ2) is 8.42. The molecule has 3 aromatic rings. The van der Waals surface area contributed by atoms with E-state index in [9.17, 15) is 9.59 Å². The van der Waals surface area contributed by atoms with E-state index in [1.54, 1.807) is 18.2 Å². The smallest absolute Gasteiger partial charge is 0.274 e. The lowest BCUT2D eigenvalue weighted by Gasteiger charge is -2.10. The average Bonchev–Trinajstić information content (AvgIpc) is 2.68. The summed E-state index contributed by atoms with van der Waals surface area (Å²) in [6, 6.07) is 14.3. The molecule has 0 aliphatic rings. The van der Waals surface area contributed by atoms with Crippen LogP contribution in [0.1, 0.15) is 32.0 Å². The van der Waals surface area contributed by atoms with Gasteiger partial charge in [-0.3, -0.25) is 9.59 Å². The van der Waals surface area contributed by atoms with Crippen molar-refractivity contribution < 1.29 is 9.59 Å². The third-order valence-electron chi connectivity index (χ3n) is 3.86. The van der Waals surface area contributed by atoms with Crippen molar-refractivity contribution in [3.05, 3.63) is 88.3 Å². The number of amides is 2. The molecule has 2 aromatic carbocycles. The summed E-state index contributed by atoms with van der Waals surface area (Å²) >= 11 is 6.10. The van der Waals surface area contributed by atoms with E-state index in [2.05, 4.69) is 20.6 Å². The highest BCUT2D eigenvalue weighted by Crippen LogP contribution is 2.15. The van der Waals surface area contributed by atoms with Gasteiger partial charge in [-0.25, -0.2) is 9.97 Å². The third-order valence-corrected chi connectivity index (χ3v) is 4.22. The first-order valence-corrected chi connectivity index (χ1v) is 8.63. The van der Waals surface area contributed by atoms with E-state index in [0.29, 0.717) is 10.6 Å². The van der Waals surface area contributed by atoms with E-state index in [0.717, 1.165) is 11.1 Å². The van der Waals surface area contributed by atoms with E-state index in [-0.39, 0.29) is 24.0 Å². The van der Waals surface area contributed by atoms with Crippen molar-refractivity contribution in [3.8, 4) is 0 Å². The summed E-state index contributed by atoms with van der Waals surface area (Å²) in [5.41, 5.74) is 2.33. The molecule has 27 heavy (non-hydrogen) atoms. The second-order valence-electron chi connectivity index (χ2n) is 5.85. The number of carbonyl (C=O) groups is 2. The quantitative estimate of drug-likeness (QED) is 0.708. The van der Waals surface area contributed by atoms with Crippen molar-refractivity contribution in [2.24, 2.45) is 0 Å². The average molecular weight is 381 g/mol. The summed E-state index contributed by atoms with van der Waals surface area (Å²) in [6.45, 7) is 2.17. The second-order valence-corrected chi connectivity index (χ2v) is 6.25. The van der Waals surface area contributed by atoms with Crippen LogP contribution in [0.4, 0.5) is 5.82 Å². The number of nitrogens with one attached hydrogen (secondary N) is 2. The Labute approximate surface area is 161 Å². The van der Waals surface area contributed by atoms with Gasteiger partial charge in [0, 0.05) is 29.5 Å². The molecule has 0 spiro atoms. The minimum atomic E-state index is -0.456. The molecule has 0 unspecified atom stereocenters. The number of halogens is 1. The zero-order valence-electron chi connectivity index (χ0n) is 14.6. The maximum Gasteiger partial charge on any atom is 0.274 e. The van der Waals surface area contributed by atoms with E-state index in [4.69, 9.17) is 11.6 Å². The van der Waals surface area contributed by atoms with Crippen LogP contribution in [0.15, 0.2) is 60.9 Å². The van der Waals surface area contributed by atoms with Gasteiger partial charge in [0.2, 0.25) is 0 Å². The van der Waals surface area contributed by atoms with Gasteiger partial charge < -0.3 is 10.6 Å². The number of aryl methyl sites for hydroxylation is 1. The molecule has 0 aliphatic carbocycles. The van der Waals surface area contributed by atoms with Crippen LogP contribution in [-0.2, 0) is 6.54 Å². The Balaban J connectivity index is 1.73. The van der Waals surface area contributed by atoms with Crippen molar-refractivity contribution in [1.82, 2.24) is 15.3 Å². The zero-order chi connectivity index (χ0) is 19.2. The van der Waals surface area contributed by atoms with Crippen LogP contribution in [0.25, 0.3) is 0 Å². The van der Waals surface area contributed by atoms with Crippen molar-refractivity contribution in [2.75, 3.05) is 5.32 Å². The van der Waals surface area contributed by atoms with Gasteiger partial charge >= 0.3 is 0 Å². The number of hydrogen-bond donors (Lipinski definition) is 2. The Hall–Kier alpha value is -3.25. The molecule has 0 aliphatic heterocycles. The van der Waals surface area contributed by atoms with Crippen molar-refractivity contribution in [1.29, 1.82) is 0 Å². The molecule has 3 rings (SSSR count). The molecule has 1 aromatic heterocycles. The summed E-state index contributed by atoms with van der Waals surface area (Å²) in [5.74, 6) is -0.724. The largest absolute Gasteiger partial charge is 0.346 e. The number of rotatable bonds is 5. The maximum atomic E-state index is 12.5. The van der Waals surface area contributed by atoms with Crippen molar-refractivity contribution in [2.45, 2.75) is 13.5 Å². The number of anilines is 1. The number of hydrogen-bond acceptors (Lipinski definition) is 4. The summed E-state index contributed by atoms with van der Waals surface area (Å²) in [7, 11) is 0. The first-order chi connectivity index (χ1) is 13.0. The van der Waals surface area contributed by atoms with E-state index in [1.165, 1.54) is 12.4 Å². The third kappa shape index (κ3) is 4.68. The van der Waals surface area contributed by atoms with Crippen LogP contribution in [0.5, 0.6) is 0 Å². The topological polar surface area (TPSA) is 84.0 Å². The molecule has 0 radical (unpaired) electrons. The van der Waals surface area contributed by atoms with Crippen LogP contribution in [0, 0.1) is 6.92 Å². The number of benzene rings is 2. The first kappa shape index (κ1) is 18.5. The van der Waals surface area contributed by atoms with E-state index in [1.807, 2.05) is 37.3 Å². The predicted octanol–water partition coefficient (Wildman–Crippen LogP) is 3.62. The van der Waals surface area contributed by atoms with Crippen molar-refractivity contribution >= 4 is 29.2 Å². The van der Waals surface area contributed by atoms with Crippen molar-refractivity contribution in [3.63, 3.8) is 0 Å². The maximum absolute atomic E-state index is 12.5. The summed E-state index contributed by atoms with van der Waals surface area (Å²) in [6.07, 6.45) is 2.81. The van der Waals surface area contributed by atoms with Crippen LogP contribution in [-0.4, -0.2) is 21.8 Å². The highest BCUT2D eigenvalue weighted by atomic mass is 35.5. The molecule has 0 bridgehead atoms. The molecule has 6 nitrogen and oxygen atoms in total. The number of carbonyl (C=O) groups excluding carboxylic acids is 2. The van der Waals surface area contributed by atoms with Gasteiger partial charge in [0.05, 0.1) is 0 Å². The lowest BCUT2D eigenvalue weighted by molar-refractivity contribution is 0.0946. The Kier molecular flexibility index (Phi) is 5.78. The molecule has 0 atom stereocenters. The van der Waals surface area contributed by atoms with Gasteiger partial charge in [-0.1, -0.05) is 47.5 Å². The monoisotopic (exact) mass is 380 g/mol. The molecular weight excluding hydrogens is 364 g/mol. The molecule has 0 saturated carbocycles.